The van der Waals surface area contributed by atoms with Crippen LogP contribution in [0.4, 0.5) is 5.69 Å². The number of aliphatic hydroxyl groups excluding tert-OH is 1. The zero-order valence-corrected chi connectivity index (χ0v) is 18.3. The Balaban J connectivity index is 1.96. The van der Waals surface area contributed by atoms with Crippen LogP contribution in [0.15, 0.2) is 57.6 Å². The van der Waals surface area contributed by atoms with Gasteiger partial charge in [-0.1, -0.05) is 23.7 Å². The standard InChI is InChI=1S/C23H25ClN4O3/c1-13-11-17(12-27(2)22(13)30)28-21(15-5-7-16(24)8-6-15)20(26-9-10-29)18(23(28)31)19(25)14-3-4-14/h5-8,11-12,14,21,29H,3-4,9-10,25H2,1-2H3. The number of hydrogen-bond acceptors (Lipinski definition) is 5. The molecule has 1 unspecified atom stereocenters. The lowest BCUT2D eigenvalue weighted by Crippen LogP contribution is -2.31. The van der Waals surface area contributed by atoms with Crippen molar-refractivity contribution in [1.29, 1.82) is 0 Å². The molecule has 2 aliphatic rings. The predicted molar refractivity (Wildman–Crippen MR) is 121 cm³/mol. The number of carbonyl (C=O) groups is 1. The normalized spacial score (nSPS) is 21.8. The van der Waals surface area contributed by atoms with Gasteiger partial charge in [0.25, 0.3) is 11.5 Å². The van der Waals surface area contributed by atoms with E-state index < -0.39 is 6.04 Å². The van der Waals surface area contributed by atoms with Gasteiger partial charge in [0.2, 0.25) is 0 Å². The van der Waals surface area contributed by atoms with E-state index >= 15 is 0 Å². The van der Waals surface area contributed by atoms with Crippen LogP contribution in [-0.4, -0.2) is 34.4 Å². The predicted octanol–water partition coefficient (Wildman–Crippen LogP) is 2.49. The molecule has 0 radical (unpaired) electrons. The Labute approximate surface area is 185 Å². The van der Waals surface area contributed by atoms with Crippen LogP contribution < -0.4 is 16.2 Å². The molecule has 4 rings (SSSR count). The van der Waals surface area contributed by atoms with Crippen LogP contribution in [0.25, 0.3) is 0 Å². The quantitative estimate of drug-likeness (QED) is 0.697. The number of rotatable bonds is 5. The number of aryl methyl sites for hydroxylation is 2. The SMILES string of the molecule is Cc1cc(N2C(=O)C(=C(N)C3CC3)C(=NCCO)C2c2ccc(Cl)cc2)cn(C)c1=O. The molecule has 1 amide bonds. The van der Waals surface area contributed by atoms with Crippen molar-refractivity contribution >= 4 is 28.9 Å². The van der Waals surface area contributed by atoms with Crippen molar-refractivity contribution in [2.45, 2.75) is 25.8 Å². The highest BCUT2D eigenvalue weighted by molar-refractivity contribution is 6.35. The van der Waals surface area contributed by atoms with E-state index in [4.69, 9.17) is 17.3 Å². The molecule has 1 aromatic heterocycles. The third-order valence-corrected chi connectivity index (χ3v) is 5.96. The Morgan fingerprint density at radius 3 is 2.52 bits per heavy atom. The minimum Gasteiger partial charge on any atom is -0.401 e. The Hall–Kier alpha value is -2.90. The number of aliphatic hydroxyl groups is 1. The first-order valence-electron chi connectivity index (χ1n) is 10.2. The molecule has 7 nitrogen and oxygen atoms in total. The zero-order chi connectivity index (χ0) is 22.3. The van der Waals surface area contributed by atoms with Gasteiger partial charge in [0.1, 0.15) is 6.04 Å². The zero-order valence-electron chi connectivity index (χ0n) is 17.5. The molecule has 0 bridgehead atoms. The van der Waals surface area contributed by atoms with Crippen LogP contribution in [0.2, 0.25) is 5.02 Å². The van der Waals surface area contributed by atoms with Gasteiger partial charge in [0.15, 0.2) is 0 Å². The van der Waals surface area contributed by atoms with Crippen molar-refractivity contribution in [2.75, 3.05) is 18.1 Å². The third kappa shape index (κ3) is 3.91. The van der Waals surface area contributed by atoms with Crippen molar-refractivity contribution in [3.8, 4) is 0 Å². The van der Waals surface area contributed by atoms with Crippen LogP contribution in [-0.2, 0) is 11.8 Å². The minimum absolute atomic E-state index is 0.124. The largest absolute Gasteiger partial charge is 0.401 e. The van der Waals surface area contributed by atoms with Crippen LogP contribution in [0, 0.1) is 12.8 Å². The molecule has 0 spiro atoms. The van der Waals surface area contributed by atoms with E-state index in [9.17, 15) is 14.7 Å². The second-order valence-corrected chi connectivity index (χ2v) is 8.46. The Morgan fingerprint density at radius 2 is 1.94 bits per heavy atom. The highest BCUT2D eigenvalue weighted by atomic mass is 35.5. The summed E-state index contributed by atoms with van der Waals surface area (Å²) in [5.74, 6) is -0.0787. The number of anilines is 1. The highest BCUT2D eigenvalue weighted by Gasteiger charge is 2.46. The van der Waals surface area contributed by atoms with E-state index in [0.29, 0.717) is 33.3 Å². The molecule has 2 aromatic rings. The average molecular weight is 441 g/mol. The second-order valence-electron chi connectivity index (χ2n) is 8.02. The molecule has 8 heteroatoms. The first-order chi connectivity index (χ1) is 14.8. The monoisotopic (exact) mass is 440 g/mol. The Bertz CT molecular complexity index is 1120. The number of nitrogens with two attached hydrogens (primary N) is 1. The van der Waals surface area contributed by atoms with Crippen molar-refractivity contribution in [3.05, 3.63) is 74.3 Å². The van der Waals surface area contributed by atoms with Gasteiger partial charge in [0, 0.05) is 29.5 Å². The molecule has 1 saturated heterocycles. The number of pyridine rings is 1. The van der Waals surface area contributed by atoms with E-state index in [1.165, 1.54) is 4.57 Å². The van der Waals surface area contributed by atoms with Gasteiger partial charge < -0.3 is 15.4 Å². The molecule has 1 aliphatic heterocycles. The van der Waals surface area contributed by atoms with Gasteiger partial charge >= 0.3 is 0 Å². The number of aliphatic imine (C=N–C) groups is 1. The van der Waals surface area contributed by atoms with Gasteiger partial charge in [0.05, 0.1) is 30.1 Å². The first-order valence-corrected chi connectivity index (χ1v) is 10.6. The molecule has 1 saturated carbocycles. The van der Waals surface area contributed by atoms with Gasteiger partial charge in [-0.15, -0.1) is 0 Å². The summed E-state index contributed by atoms with van der Waals surface area (Å²) in [4.78, 5) is 32.2. The van der Waals surface area contributed by atoms with Crippen molar-refractivity contribution in [1.82, 2.24) is 4.57 Å². The summed E-state index contributed by atoms with van der Waals surface area (Å²) in [6.07, 6.45) is 3.54. The Kier molecular flexibility index (Phi) is 5.73. The maximum atomic E-state index is 13.7. The number of nitrogens with zero attached hydrogens (tertiary/aromatic N) is 3. The molecular formula is C23H25ClN4O3. The van der Waals surface area contributed by atoms with Crippen molar-refractivity contribution < 1.29 is 9.90 Å². The molecule has 1 atom stereocenters. The average Bonchev–Trinajstić information content (AvgIpc) is 3.55. The molecule has 2 heterocycles. The summed E-state index contributed by atoms with van der Waals surface area (Å²) in [6.45, 7) is 1.74. The van der Waals surface area contributed by atoms with Crippen LogP contribution in [0.3, 0.4) is 0 Å². The fourth-order valence-electron chi connectivity index (χ4n) is 4.02. The molecular weight excluding hydrogens is 416 g/mol. The van der Waals surface area contributed by atoms with Crippen LogP contribution >= 0.6 is 11.6 Å². The number of benzene rings is 1. The molecule has 31 heavy (non-hydrogen) atoms. The highest BCUT2D eigenvalue weighted by Crippen LogP contribution is 2.43. The third-order valence-electron chi connectivity index (χ3n) is 5.71. The fraction of sp³-hybridized carbons (Fsp3) is 0.348. The lowest BCUT2D eigenvalue weighted by Gasteiger charge is -2.25. The number of halogens is 1. The van der Waals surface area contributed by atoms with E-state index in [-0.39, 0.29) is 30.5 Å². The number of aromatic nitrogens is 1. The van der Waals surface area contributed by atoms with Gasteiger partial charge in [-0.05, 0) is 49.4 Å². The number of amides is 1. The van der Waals surface area contributed by atoms with E-state index in [0.717, 1.165) is 18.4 Å². The Morgan fingerprint density at radius 1 is 1.26 bits per heavy atom. The van der Waals surface area contributed by atoms with E-state index in [1.54, 1.807) is 43.3 Å². The van der Waals surface area contributed by atoms with Crippen molar-refractivity contribution in [3.63, 3.8) is 0 Å². The second kappa shape index (κ2) is 8.32. The van der Waals surface area contributed by atoms with Crippen LogP contribution in [0.1, 0.15) is 30.0 Å². The van der Waals surface area contributed by atoms with Crippen LogP contribution in [0.5, 0.6) is 0 Å². The maximum absolute atomic E-state index is 13.7. The number of carbonyl (C=O) groups excluding carboxylic acids is 1. The lowest BCUT2D eigenvalue weighted by atomic mass is 9.98. The van der Waals surface area contributed by atoms with Gasteiger partial charge in [-0.25, -0.2) is 0 Å². The van der Waals surface area contributed by atoms with Gasteiger partial charge in [-0.2, -0.15) is 0 Å². The summed E-state index contributed by atoms with van der Waals surface area (Å²) in [5.41, 5.74) is 9.74. The summed E-state index contributed by atoms with van der Waals surface area (Å²) in [7, 11) is 1.66. The molecule has 3 N–H and O–H groups in total. The summed E-state index contributed by atoms with van der Waals surface area (Å²) in [6, 6.07) is 8.41. The van der Waals surface area contributed by atoms with Crippen molar-refractivity contribution in [2.24, 2.45) is 23.7 Å². The molecule has 162 valence electrons. The summed E-state index contributed by atoms with van der Waals surface area (Å²) >= 11 is 6.10. The summed E-state index contributed by atoms with van der Waals surface area (Å²) < 4.78 is 1.47. The fourth-order valence-corrected chi connectivity index (χ4v) is 4.14. The molecule has 2 fully saturated rings. The topological polar surface area (TPSA) is 101 Å². The van der Waals surface area contributed by atoms with E-state index in [2.05, 4.69) is 4.99 Å². The van der Waals surface area contributed by atoms with Gasteiger partial charge in [-0.3, -0.25) is 19.5 Å². The summed E-state index contributed by atoms with van der Waals surface area (Å²) in [5, 5.41) is 9.99. The number of allylic oxidation sites excluding steroid dienone is 1. The minimum atomic E-state index is -0.541. The maximum Gasteiger partial charge on any atom is 0.262 e. The molecule has 1 aliphatic carbocycles. The smallest absolute Gasteiger partial charge is 0.262 e. The first kappa shape index (κ1) is 21.3. The lowest BCUT2D eigenvalue weighted by molar-refractivity contribution is -0.114. The van der Waals surface area contributed by atoms with E-state index in [1.807, 2.05) is 12.1 Å². The molecule has 1 aromatic carbocycles. The number of hydrogen-bond donors (Lipinski definition) is 2.